The van der Waals surface area contributed by atoms with Crippen LogP contribution >= 0.6 is 11.8 Å². The lowest BCUT2D eigenvalue weighted by molar-refractivity contribution is -0.136. The molecule has 6 heteroatoms. The monoisotopic (exact) mass is 381 g/mol. The van der Waals surface area contributed by atoms with Crippen molar-refractivity contribution in [3.8, 4) is 0 Å². The van der Waals surface area contributed by atoms with E-state index in [4.69, 9.17) is 5.11 Å². The van der Waals surface area contributed by atoms with Gasteiger partial charge in [-0.25, -0.2) is 0 Å². The lowest BCUT2D eigenvalue weighted by Crippen LogP contribution is -2.67. The van der Waals surface area contributed by atoms with Crippen LogP contribution in [0.4, 0.5) is 0 Å². The molecule has 4 rings (SSSR count). The van der Waals surface area contributed by atoms with Crippen molar-refractivity contribution in [1.82, 2.24) is 16.0 Å². The van der Waals surface area contributed by atoms with Crippen LogP contribution in [0.15, 0.2) is 0 Å². The second-order valence-electron chi connectivity index (χ2n) is 8.82. The molecular formula is C20H35N3O2S. The van der Waals surface area contributed by atoms with Gasteiger partial charge in [-0.1, -0.05) is 44.9 Å². The van der Waals surface area contributed by atoms with Crippen LogP contribution < -0.4 is 16.0 Å². The van der Waals surface area contributed by atoms with E-state index in [9.17, 15) is 4.79 Å². The maximum absolute atomic E-state index is 10.9. The van der Waals surface area contributed by atoms with Gasteiger partial charge in [-0.3, -0.25) is 15.4 Å². The highest BCUT2D eigenvalue weighted by atomic mass is 32.2. The highest BCUT2D eigenvalue weighted by Crippen LogP contribution is 2.51. The Labute approximate surface area is 161 Å². The summed E-state index contributed by atoms with van der Waals surface area (Å²) in [7, 11) is 0. The van der Waals surface area contributed by atoms with E-state index in [0.717, 1.165) is 17.1 Å². The van der Waals surface area contributed by atoms with Crippen molar-refractivity contribution in [3.05, 3.63) is 0 Å². The molecule has 6 unspecified atom stereocenters. The van der Waals surface area contributed by atoms with Crippen LogP contribution in [0.3, 0.4) is 0 Å². The molecule has 148 valence electrons. The predicted molar refractivity (Wildman–Crippen MR) is 106 cm³/mol. The summed E-state index contributed by atoms with van der Waals surface area (Å²) in [4.78, 5) is 10.9. The lowest BCUT2D eigenvalue weighted by Gasteiger charge is -2.44. The Kier molecular flexibility index (Phi) is 6.44. The fourth-order valence-electron chi connectivity index (χ4n) is 5.81. The third kappa shape index (κ3) is 4.40. The van der Waals surface area contributed by atoms with Crippen LogP contribution in [0, 0.1) is 17.8 Å². The van der Waals surface area contributed by atoms with Gasteiger partial charge in [-0.15, -0.1) is 11.8 Å². The number of rotatable bonds is 6. The maximum atomic E-state index is 10.9. The van der Waals surface area contributed by atoms with Crippen molar-refractivity contribution in [1.29, 1.82) is 0 Å². The van der Waals surface area contributed by atoms with Gasteiger partial charge in [0.25, 0.3) is 0 Å². The van der Waals surface area contributed by atoms with E-state index in [0.29, 0.717) is 24.0 Å². The molecule has 2 aliphatic heterocycles. The Morgan fingerprint density at radius 1 is 1.04 bits per heavy atom. The molecular weight excluding hydrogens is 346 g/mol. The molecule has 4 aliphatic rings. The second-order valence-corrected chi connectivity index (χ2v) is 10.2. The molecule has 2 heterocycles. The van der Waals surface area contributed by atoms with Crippen LogP contribution in [0.2, 0.25) is 0 Å². The van der Waals surface area contributed by atoms with Crippen molar-refractivity contribution in [2.24, 2.45) is 17.8 Å². The average Bonchev–Trinajstić information content (AvgIpc) is 3.00. The first-order valence-corrected chi connectivity index (χ1v) is 11.8. The molecule has 0 bridgehead atoms. The first-order valence-electron chi connectivity index (χ1n) is 10.8. The van der Waals surface area contributed by atoms with Gasteiger partial charge < -0.3 is 10.4 Å². The molecule has 0 amide bonds. The molecule has 6 atom stereocenters. The minimum atomic E-state index is -0.710. The van der Waals surface area contributed by atoms with Gasteiger partial charge in [0.2, 0.25) is 0 Å². The quantitative estimate of drug-likeness (QED) is 0.567. The summed E-state index contributed by atoms with van der Waals surface area (Å²) in [6, 6.07) is 0. The molecule has 0 aromatic carbocycles. The van der Waals surface area contributed by atoms with E-state index in [2.05, 4.69) is 27.7 Å². The molecule has 26 heavy (non-hydrogen) atoms. The van der Waals surface area contributed by atoms with Crippen LogP contribution in [-0.2, 0) is 4.79 Å². The summed E-state index contributed by atoms with van der Waals surface area (Å²) in [6.45, 7) is 0.564. The standard InChI is InChI=1S/C20H35N3O2S/c24-17(25)10-11-21-19-18-14-8-4-5-9-15(14)26-20(18)23-16(22-19)12-13-6-2-1-3-7-13/h13-16,18-23H,1-12H2,(H,24,25). The first-order chi connectivity index (χ1) is 12.7. The number of nitrogens with one attached hydrogen (secondary N) is 3. The molecule has 0 spiro atoms. The molecule has 0 aromatic heterocycles. The van der Waals surface area contributed by atoms with E-state index >= 15 is 0 Å². The summed E-state index contributed by atoms with van der Waals surface area (Å²) in [6.07, 6.45) is 14.4. The van der Waals surface area contributed by atoms with Crippen molar-refractivity contribution < 1.29 is 9.90 Å². The zero-order valence-electron chi connectivity index (χ0n) is 15.8. The van der Waals surface area contributed by atoms with E-state index < -0.39 is 5.97 Å². The van der Waals surface area contributed by atoms with Crippen molar-refractivity contribution in [2.45, 2.75) is 93.6 Å². The second kappa shape index (κ2) is 8.80. The van der Waals surface area contributed by atoms with E-state index in [1.807, 2.05) is 0 Å². The Morgan fingerprint density at radius 2 is 1.81 bits per heavy atom. The third-order valence-electron chi connectivity index (χ3n) is 7.05. The number of carbonyl (C=O) groups is 1. The molecule has 4 fully saturated rings. The lowest BCUT2D eigenvalue weighted by atomic mass is 9.77. The molecule has 4 N–H and O–H groups in total. The summed E-state index contributed by atoms with van der Waals surface area (Å²) < 4.78 is 0. The van der Waals surface area contributed by atoms with Crippen LogP contribution in [0.1, 0.15) is 70.6 Å². The molecule has 0 radical (unpaired) electrons. The minimum Gasteiger partial charge on any atom is -0.481 e. The van der Waals surface area contributed by atoms with Gasteiger partial charge >= 0.3 is 5.97 Å². The SMILES string of the molecule is O=C(O)CCNC1NC(CC2CCCCC2)NC2SC3CCCCC3C12. The zero-order chi connectivity index (χ0) is 17.9. The van der Waals surface area contributed by atoms with Gasteiger partial charge in [-0.2, -0.15) is 0 Å². The average molecular weight is 382 g/mol. The Bertz CT molecular complexity index is 486. The smallest absolute Gasteiger partial charge is 0.304 e. The fraction of sp³-hybridized carbons (Fsp3) is 0.950. The number of carboxylic acids is 1. The fourth-order valence-corrected chi connectivity index (χ4v) is 7.79. The highest BCUT2D eigenvalue weighted by molar-refractivity contribution is 8.00. The number of hydrogen-bond acceptors (Lipinski definition) is 5. The Balaban J connectivity index is 1.41. The van der Waals surface area contributed by atoms with E-state index in [1.165, 1.54) is 64.2 Å². The van der Waals surface area contributed by atoms with Gasteiger partial charge in [0.15, 0.2) is 0 Å². The normalized spacial score (nSPS) is 40.8. The van der Waals surface area contributed by atoms with Gasteiger partial charge in [0.05, 0.1) is 24.1 Å². The molecule has 2 aliphatic carbocycles. The number of thioether (sulfide) groups is 1. The minimum absolute atomic E-state index is 0.206. The largest absolute Gasteiger partial charge is 0.481 e. The van der Waals surface area contributed by atoms with Gasteiger partial charge in [0, 0.05) is 17.7 Å². The van der Waals surface area contributed by atoms with E-state index in [-0.39, 0.29) is 12.6 Å². The predicted octanol–water partition coefficient (Wildman–Crippen LogP) is 3.11. The summed E-state index contributed by atoms with van der Waals surface area (Å²) in [5, 5.41) is 21.7. The summed E-state index contributed by atoms with van der Waals surface area (Å²) in [5.41, 5.74) is 0. The van der Waals surface area contributed by atoms with Crippen LogP contribution in [0.25, 0.3) is 0 Å². The molecule has 2 saturated carbocycles. The van der Waals surface area contributed by atoms with Crippen LogP contribution in [-0.4, -0.2) is 40.6 Å². The summed E-state index contributed by atoms with van der Waals surface area (Å²) >= 11 is 2.18. The number of carboxylic acid groups (broad SMARTS) is 1. The van der Waals surface area contributed by atoms with Crippen molar-refractivity contribution in [2.75, 3.05) is 6.54 Å². The first kappa shape index (κ1) is 19.0. The van der Waals surface area contributed by atoms with Crippen molar-refractivity contribution in [3.63, 3.8) is 0 Å². The number of aliphatic carboxylic acids is 1. The molecule has 2 saturated heterocycles. The number of fused-ring (bicyclic) bond motifs is 3. The number of hydrogen-bond donors (Lipinski definition) is 4. The summed E-state index contributed by atoms with van der Waals surface area (Å²) in [5.74, 6) is 1.50. The van der Waals surface area contributed by atoms with Crippen LogP contribution in [0.5, 0.6) is 0 Å². The van der Waals surface area contributed by atoms with Gasteiger partial charge in [-0.05, 0) is 31.1 Å². The highest BCUT2D eigenvalue weighted by Gasteiger charge is 2.51. The zero-order valence-corrected chi connectivity index (χ0v) is 16.6. The maximum Gasteiger partial charge on any atom is 0.304 e. The third-order valence-corrected chi connectivity index (χ3v) is 8.73. The van der Waals surface area contributed by atoms with E-state index in [1.54, 1.807) is 0 Å². The van der Waals surface area contributed by atoms with Crippen molar-refractivity contribution >= 4 is 17.7 Å². The Morgan fingerprint density at radius 3 is 2.62 bits per heavy atom. The molecule has 5 nitrogen and oxygen atoms in total. The molecule has 0 aromatic rings. The topological polar surface area (TPSA) is 73.4 Å². The Hall–Kier alpha value is -0.300. The van der Waals surface area contributed by atoms with Gasteiger partial charge in [0.1, 0.15) is 0 Å².